The van der Waals surface area contributed by atoms with Gasteiger partial charge in [-0.15, -0.1) is 11.3 Å². The molecule has 0 saturated carbocycles. The van der Waals surface area contributed by atoms with Crippen LogP contribution in [0, 0.1) is 0 Å². The lowest BCUT2D eigenvalue weighted by Gasteiger charge is -2.36. The summed E-state index contributed by atoms with van der Waals surface area (Å²) < 4.78 is 38.5. The standard InChI is InChI=1S/C13H14F3NOS/c14-13(15,16)11-5-1-2-8-17(11)12(18)7-6-10-4-3-9-19-10/h3-4,6-7,9,11H,1-2,5,8H2/b7-6+. The maximum atomic E-state index is 12.8. The summed E-state index contributed by atoms with van der Waals surface area (Å²) in [7, 11) is 0. The van der Waals surface area contributed by atoms with Gasteiger partial charge in [0.15, 0.2) is 0 Å². The molecule has 0 aromatic carbocycles. The molecule has 1 atom stereocenters. The molecule has 1 aliphatic rings. The number of alkyl halides is 3. The Morgan fingerprint density at radius 1 is 1.42 bits per heavy atom. The van der Waals surface area contributed by atoms with Crippen molar-refractivity contribution in [2.75, 3.05) is 6.54 Å². The van der Waals surface area contributed by atoms with Gasteiger partial charge in [-0.25, -0.2) is 0 Å². The van der Waals surface area contributed by atoms with Gasteiger partial charge in [0.05, 0.1) is 0 Å². The second-order valence-corrected chi connectivity index (χ2v) is 5.41. The Morgan fingerprint density at radius 2 is 2.21 bits per heavy atom. The molecule has 1 amide bonds. The number of nitrogens with zero attached hydrogens (tertiary/aromatic N) is 1. The summed E-state index contributed by atoms with van der Waals surface area (Å²) in [5, 5.41) is 1.85. The quantitative estimate of drug-likeness (QED) is 0.760. The van der Waals surface area contributed by atoms with Gasteiger partial charge in [-0.2, -0.15) is 13.2 Å². The second kappa shape index (κ2) is 5.77. The van der Waals surface area contributed by atoms with Crippen molar-refractivity contribution in [3.63, 3.8) is 0 Å². The summed E-state index contributed by atoms with van der Waals surface area (Å²) in [4.78, 5) is 13.7. The van der Waals surface area contributed by atoms with Crippen molar-refractivity contribution in [3.8, 4) is 0 Å². The van der Waals surface area contributed by atoms with Crippen molar-refractivity contribution < 1.29 is 18.0 Å². The summed E-state index contributed by atoms with van der Waals surface area (Å²) in [5.74, 6) is -0.560. The molecule has 1 unspecified atom stereocenters. The number of piperidine rings is 1. The monoisotopic (exact) mass is 289 g/mol. The van der Waals surface area contributed by atoms with Crippen molar-refractivity contribution in [1.29, 1.82) is 0 Å². The third kappa shape index (κ3) is 3.59. The van der Waals surface area contributed by atoms with Crippen molar-refractivity contribution >= 4 is 23.3 Å². The molecule has 0 bridgehead atoms. The average molecular weight is 289 g/mol. The molecule has 0 aliphatic carbocycles. The number of hydrogen-bond acceptors (Lipinski definition) is 2. The Morgan fingerprint density at radius 3 is 2.84 bits per heavy atom. The zero-order valence-electron chi connectivity index (χ0n) is 10.2. The molecule has 1 saturated heterocycles. The Hall–Kier alpha value is -1.30. The van der Waals surface area contributed by atoms with E-state index in [2.05, 4.69) is 0 Å². The molecule has 1 aromatic heterocycles. The Kier molecular flexibility index (Phi) is 4.29. The molecule has 1 aromatic rings. The van der Waals surface area contributed by atoms with E-state index >= 15 is 0 Å². The number of halogens is 3. The van der Waals surface area contributed by atoms with Crippen LogP contribution in [-0.4, -0.2) is 29.6 Å². The number of thiophene rings is 1. The maximum Gasteiger partial charge on any atom is 0.408 e. The highest BCUT2D eigenvalue weighted by molar-refractivity contribution is 7.10. The molecule has 2 heterocycles. The lowest BCUT2D eigenvalue weighted by Crippen LogP contribution is -2.50. The van der Waals surface area contributed by atoms with Crippen LogP contribution < -0.4 is 0 Å². The Bertz CT molecular complexity index is 453. The Balaban J connectivity index is 2.07. The molecule has 0 radical (unpaired) electrons. The smallest absolute Gasteiger partial charge is 0.327 e. The van der Waals surface area contributed by atoms with E-state index in [0.717, 1.165) is 9.78 Å². The van der Waals surface area contributed by atoms with Gasteiger partial charge in [-0.05, 0) is 36.8 Å². The van der Waals surface area contributed by atoms with E-state index in [9.17, 15) is 18.0 Å². The third-order valence-electron chi connectivity index (χ3n) is 3.10. The van der Waals surface area contributed by atoms with Crippen LogP contribution >= 0.6 is 11.3 Å². The zero-order chi connectivity index (χ0) is 13.9. The molecule has 1 aliphatic heterocycles. The molecule has 0 spiro atoms. The topological polar surface area (TPSA) is 20.3 Å². The molecule has 104 valence electrons. The number of hydrogen-bond donors (Lipinski definition) is 0. The minimum Gasteiger partial charge on any atom is -0.327 e. The van der Waals surface area contributed by atoms with Crippen LogP contribution in [0.2, 0.25) is 0 Å². The van der Waals surface area contributed by atoms with Gasteiger partial charge in [0.2, 0.25) is 5.91 Å². The van der Waals surface area contributed by atoms with Crippen LogP contribution in [0.4, 0.5) is 13.2 Å². The first-order valence-electron chi connectivity index (χ1n) is 6.07. The van der Waals surface area contributed by atoms with E-state index < -0.39 is 18.1 Å². The fourth-order valence-electron chi connectivity index (χ4n) is 2.17. The summed E-state index contributed by atoms with van der Waals surface area (Å²) in [6, 6.07) is 2.00. The summed E-state index contributed by atoms with van der Waals surface area (Å²) in [6.07, 6.45) is -0.395. The number of amides is 1. The average Bonchev–Trinajstić information content (AvgIpc) is 2.88. The fourth-order valence-corrected chi connectivity index (χ4v) is 2.79. The van der Waals surface area contributed by atoms with Gasteiger partial charge >= 0.3 is 6.18 Å². The van der Waals surface area contributed by atoms with Crippen LogP contribution in [0.25, 0.3) is 6.08 Å². The van der Waals surface area contributed by atoms with Gasteiger partial charge < -0.3 is 4.90 Å². The van der Waals surface area contributed by atoms with E-state index in [1.54, 1.807) is 6.08 Å². The fraction of sp³-hybridized carbons (Fsp3) is 0.462. The molecular formula is C13H14F3NOS. The van der Waals surface area contributed by atoms with Crippen molar-refractivity contribution in [1.82, 2.24) is 4.90 Å². The lowest BCUT2D eigenvalue weighted by molar-refractivity contribution is -0.193. The predicted molar refractivity (Wildman–Crippen MR) is 68.8 cm³/mol. The normalized spacial score (nSPS) is 21.0. The Labute approximate surface area is 113 Å². The minimum absolute atomic E-state index is 0.00207. The van der Waals surface area contributed by atoms with E-state index in [-0.39, 0.29) is 13.0 Å². The van der Waals surface area contributed by atoms with Gasteiger partial charge in [-0.3, -0.25) is 4.79 Å². The van der Waals surface area contributed by atoms with Gasteiger partial charge in [0.25, 0.3) is 0 Å². The lowest BCUT2D eigenvalue weighted by atomic mass is 10.0. The van der Waals surface area contributed by atoms with Crippen molar-refractivity contribution in [2.24, 2.45) is 0 Å². The summed E-state index contributed by atoms with van der Waals surface area (Å²) >= 11 is 1.44. The van der Waals surface area contributed by atoms with E-state index in [1.165, 1.54) is 17.4 Å². The van der Waals surface area contributed by atoms with E-state index in [4.69, 9.17) is 0 Å². The third-order valence-corrected chi connectivity index (χ3v) is 3.93. The van der Waals surface area contributed by atoms with Crippen LogP contribution in [0.15, 0.2) is 23.6 Å². The predicted octanol–water partition coefficient (Wildman–Crippen LogP) is 3.70. The number of rotatable bonds is 2. The molecule has 6 heteroatoms. The molecule has 2 nitrogen and oxygen atoms in total. The molecule has 1 fully saturated rings. The zero-order valence-corrected chi connectivity index (χ0v) is 11.0. The number of likely N-dealkylation sites (tertiary alicyclic amines) is 1. The highest BCUT2D eigenvalue weighted by Crippen LogP contribution is 2.32. The first kappa shape index (κ1) is 14.1. The first-order chi connectivity index (χ1) is 8.98. The highest BCUT2D eigenvalue weighted by Gasteiger charge is 2.45. The van der Waals surface area contributed by atoms with Gasteiger partial charge in [-0.1, -0.05) is 6.07 Å². The summed E-state index contributed by atoms with van der Waals surface area (Å²) in [6.45, 7) is 0.178. The number of carbonyl (C=O) groups excluding carboxylic acids is 1. The van der Waals surface area contributed by atoms with Crippen molar-refractivity contribution in [2.45, 2.75) is 31.5 Å². The van der Waals surface area contributed by atoms with Crippen LogP contribution in [0.5, 0.6) is 0 Å². The second-order valence-electron chi connectivity index (χ2n) is 4.43. The van der Waals surface area contributed by atoms with Crippen molar-refractivity contribution in [3.05, 3.63) is 28.5 Å². The van der Waals surface area contributed by atoms with E-state index in [1.807, 2.05) is 17.5 Å². The highest BCUT2D eigenvalue weighted by atomic mass is 32.1. The number of carbonyl (C=O) groups is 1. The van der Waals surface area contributed by atoms with Gasteiger partial charge in [0.1, 0.15) is 6.04 Å². The van der Waals surface area contributed by atoms with Crippen LogP contribution in [0.3, 0.4) is 0 Å². The summed E-state index contributed by atoms with van der Waals surface area (Å²) in [5.41, 5.74) is 0. The molecule has 2 rings (SSSR count). The molecule has 0 N–H and O–H groups in total. The largest absolute Gasteiger partial charge is 0.408 e. The maximum absolute atomic E-state index is 12.8. The minimum atomic E-state index is -4.34. The van der Waals surface area contributed by atoms with Crippen LogP contribution in [0.1, 0.15) is 24.1 Å². The molecule has 19 heavy (non-hydrogen) atoms. The molecular weight excluding hydrogens is 275 g/mol. The SMILES string of the molecule is O=C(/C=C/c1cccs1)N1CCCCC1C(F)(F)F. The first-order valence-corrected chi connectivity index (χ1v) is 6.95. The van der Waals surface area contributed by atoms with Gasteiger partial charge in [0, 0.05) is 17.5 Å². The van der Waals surface area contributed by atoms with Crippen LogP contribution in [-0.2, 0) is 4.79 Å². The van der Waals surface area contributed by atoms with E-state index in [0.29, 0.717) is 12.8 Å².